The van der Waals surface area contributed by atoms with Gasteiger partial charge in [-0.25, -0.2) is 13.6 Å². The molecule has 0 saturated heterocycles. The van der Waals surface area contributed by atoms with Gasteiger partial charge in [-0.3, -0.25) is 0 Å². The van der Waals surface area contributed by atoms with Gasteiger partial charge in [0.15, 0.2) is 0 Å². The highest BCUT2D eigenvalue weighted by atomic mass is 35.5. The van der Waals surface area contributed by atoms with E-state index >= 15 is 0 Å². The van der Waals surface area contributed by atoms with Crippen LogP contribution in [0.3, 0.4) is 0 Å². The van der Waals surface area contributed by atoms with Gasteiger partial charge in [-0.1, -0.05) is 0 Å². The van der Waals surface area contributed by atoms with E-state index in [4.69, 9.17) is 16.7 Å². The van der Waals surface area contributed by atoms with Crippen molar-refractivity contribution in [1.29, 1.82) is 0 Å². The smallest absolute Gasteiger partial charge is 0.345 e. The molecule has 3 atom stereocenters. The van der Waals surface area contributed by atoms with Crippen LogP contribution >= 0.6 is 22.9 Å². The zero-order valence-corrected chi connectivity index (χ0v) is 16.5. The van der Waals surface area contributed by atoms with Gasteiger partial charge in [0.1, 0.15) is 16.5 Å². The Morgan fingerprint density at radius 1 is 1.11 bits per heavy atom. The fourth-order valence-electron chi connectivity index (χ4n) is 4.12. The quantitative estimate of drug-likeness (QED) is 0.515. The third-order valence-corrected chi connectivity index (χ3v) is 7.12. The van der Waals surface area contributed by atoms with Crippen molar-refractivity contribution in [1.82, 2.24) is 0 Å². The average molecular weight is 413 g/mol. The first kappa shape index (κ1) is 20.3. The highest BCUT2D eigenvalue weighted by molar-refractivity contribution is 7.13. The molecule has 0 radical (unpaired) electrons. The summed E-state index contributed by atoms with van der Waals surface area (Å²) >= 11 is 7.87. The molecule has 1 N–H and O–H groups in total. The van der Waals surface area contributed by atoms with Crippen molar-refractivity contribution in [2.24, 2.45) is 11.8 Å². The molecule has 6 heteroatoms. The van der Waals surface area contributed by atoms with Crippen LogP contribution in [0.15, 0.2) is 30.3 Å². The van der Waals surface area contributed by atoms with Gasteiger partial charge in [-0.15, -0.1) is 22.9 Å². The lowest BCUT2D eigenvalue weighted by molar-refractivity contribution is 0.0702. The molecule has 2 nitrogen and oxygen atoms in total. The summed E-state index contributed by atoms with van der Waals surface area (Å²) in [5.74, 6) is -1.06. The van der Waals surface area contributed by atoms with E-state index in [9.17, 15) is 13.6 Å². The first-order chi connectivity index (χ1) is 12.9. The van der Waals surface area contributed by atoms with Gasteiger partial charge in [0.25, 0.3) is 0 Å². The molecule has 1 heterocycles. The topological polar surface area (TPSA) is 37.3 Å². The van der Waals surface area contributed by atoms with E-state index in [0.29, 0.717) is 28.7 Å². The Hall–Kier alpha value is -1.46. The molecule has 3 rings (SSSR count). The second-order valence-electron chi connectivity index (χ2n) is 7.30. The lowest BCUT2D eigenvalue weighted by atomic mass is 9.86. The van der Waals surface area contributed by atoms with Gasteiger partial charge < -0.3 is 5.11 Å². The molecule has 1 aliphatic rings. The van der Waals surface area contributed by atoms with Crippen LogP contribution in [0.1, 0.15) is 52.2 Å². The Bertz CT molecular complexity index is 772. The number of hydrogen-bond acceptors (Lipinski definition) is 2. The second kappa shape index (κ2) is 9.16. The number of aryl methyl sites for hydroxylation is 2. The van der Waals surface area contributed by atoms with Crippen LogP contribution in [-0.2, 0) is 12.8 Å². The van der Waals surface area contributed by atoms with Crippen molar-refractivity contribution in [3.05, 3.63) is 57.3 Å². The summed E-state index contributed by atoms with van der Waals surface area (Å²) in [6.07, 6.45) is 6.41. The summed E-state index contributed by atoms with van der Waals surface area (Å²) in [4.78, 5) is 12.4. The SMILES string of the molecule is O=C(O)c1ccc(CCC[C@@H]2[C@@H](CCc3cc(F)cc(F)c3)CC[C@H]2Cl)s1. The summed E-state index contributed by atoms with van der Waals surface area (Å²) < 4.78 is 26.7. The summed E-state index contributed by atoms with van der Waals surface area (Å²) in [7, 11) is 0. The lowest BCUT2D eigenvalue weighted by Crippen LogP contribution is -2.16. The number of carboxylic acid groups (broad SMARTS) is 1. The lowest BCUT2D eigenvalue weighted by Gasteiger charge is -2.22. The highest BCUT2D eigenvalue weighted by Gasteiger charge is 2.33. The number of carbonyl (C=O) groups is 1. The van der Waals surface area contributed by atoms with Crippen LogP contribution < -0.4 is 0 Å². The number of halogens is 3. The highest BCUT2D eigenvalue weighted by Crippen LogP contribution is 2.41. The number of rotatable bonds is 8. The van der Waals surface area contributed by atoms with E-state index in [1.807, 2.05) is 6.07 Å². The van der Waals surface area contributed by atoms with Gasteiger partial charge >= 0.3 is 5.97 Å². The van der Waals surface area contributed by atoms with Gasteiger partial charge in [0.05, 0.1) is 0 Å². The van der Waals surface area contributed by atoms with E-state index in [0.717, 1.165) is 49.5 Å². The maximum absolute atomic E-state index is 13.3. The summed E-state index contributed by atoms with van der Waals surface area (Å²) in [6.45, 7) is 0. The fourth-order valence-corrected chi connectivity index (χ4v) is 5.46. The molecular weight excluding hydrogens is 390 g/mol. The third kappa shape index (κ3) is 5.52. The first-order valence-electron chi connectivity index (χ1n) is 9.33. The van der Waals surface area contributed by atoms with Crippen molar-refractivity contribution < 1.29 is 18.7 Å². The van der Waals surface area contributed by atoms with Crippen molar-refractivity contribution in [2.45, 2.75) is 50.3 Å². The predicted molar refractivity (Wildman–Crippen MR) is 105 cm³/mol. The summed E-state index contributed by atoms with van der Waals surface area (Å²) in [6, 6.07) is 7.25. The van der Waals surface area contributed by atoms with Gasteiger partial charge in [0, 0.05) is 16.3 Å². The molecule has 0 bridgehead atoms. The van der Waals surface area contributed by atoms with Crippen LogP contribution in [0.25, 0.3) is 0 Å². The number of alkyl halides is 1. The van der Waals surface area contributed by atoms with Crippen molar-refractivity contribution in [3.8, 4) is 0 Å². The Labute approximate surface area is 167 Å². The molecule has 1 saturated carbocycles. The third-order valence-electron chi connectivity index (χ3n) is 5.44. The minimum absolute atomic E-state index is 0.150. The zero-order valence-electron chi connectivity index (χ0n) is 15.0. The fraction of sp³-hybridized carbons (Fsp3) is 0.476. The van der Waals surface area contributed by atoms with Gasteiger partial charge in [0.2, 0.25) is 0 Å². The van der Waals surface area contributed by atoms with Crippen LogP contribution in [0.2, 0.25) is 0 Å². The normalized spacial score (nSPS) is 22.3. The molecule has 1 fully saturated rings. The molecule has 1 aromatic carbocycles. The molecule has 0 amide bonds. The maximum Gasteiger partial charge on any atom is 0.345 e. The number of carboxylic acids is 1. The minimum atomic E-state index is -0.878. The molecule has 2 aromatic rings. The molecule has 1 aliphatic carbocycles. The Morgan fingerprint density at radius 3 is 2.52 bits per heavy atom. The Kier molecular flexibility index (Phi) is 6.88. The number of thiophene rings is 1. The van der Waals surface area contributed by atoms with Crippen LogP contribution in [0, 0.1) is 23.5 Å². The largest absolute Gasteiger partial charge is 0.477 e. The molecule has 146 valence electrons. The standard InChI is InChI=1S/C21H23ClF2O2S/c22-19-8-6-14(5-4-13-10-15(23)12-16(24)11-13)18(19)3-1-2-17-7-9-20(27-17)21(25)26/h7,9-12,14,18-19H,1-6,8H2,(H,25,26)/t14-,18+,19+/m0/s1. The van der Waals surface area contributed by atoms with E-state index in [-0.39, 0.29) is 5.38 Å². The summed E-state index contributed by atoms with van der Waals surface area (Å²) in [5.41, 5.74) is 0.698. The molecule has 27 heavy (non-hydrogen) atoms. The Morgan fingerprint density at radius 2 is 1.85 bits per heavy atom. The molecule has 1 aromatic heterocycles. The minimum Gasteiger partial charge on any atom is -0.477 e. The van der Waals surface area contributed by atoms with Crippen molar-refractivity contribution >= 4 is 28.9 Å². The van der Waals surface area contributed by atoms with E-state index in [1.165, 1.54) is 23.5 Å². The number of aromatic carboxylic acids is 1. The van der Waals surface area contributed by atoms with Crippen LogP contribution in [-0.4, -0.2) is 16.5 Å². The Balaban J connectivity index is 1.51. The number of hydrogen-bond donors (Lipinski definition) is 1. The zero-order chi connectivity index (χ0) is 19.4. The number of benzene rings is 1. The summed E-state index contributed by atoms with van der Waals surface area (Å²) in [5, 5.41) is 9.15. The molecule has 0 unspecified atom stereocenters. The molecule has 0 spiro atoms. The molecule has 0 aliphatic heterocycles. The monoisotopic (exact) mass is 412 g/mol. The van der Waals surface area contributed by atoms with E-state index < -0.39 is 17.6 Å². The van der Waals surface area contributed by atoms with Crippen molar-refractivity contribution in [2.75, 3.05) is 0 Å². The first-order valence-corrected chi connectivity index (χ1v) is 10.6. The van der Waals surface area contributed by atoms with E-state index in [1.54, 1.807) is 6.07 Å². The van der Waals surface area contributed by atoms with Gasteiger partial charge in [-0.05, 0) is 86.6 Å². The average Bonchev–Trinajstić information content (AvgIpc) is 3.20. The maximum atomic E-state index is 13.3. The van der Waals surface area contributed by atoms with Crippen LogP contribution in [0.5, 0.6) is 0 Å². The second-order valence-corrected chi connectivity index (χ2v) is 9.03. The predicted octanol–water partition coefficient (Wildman–Crippen LogP) is 6.31. The molecular formula is C21H23ClF2O2S. The van der Waals surface area contributed by atoms with E-state index in [2.05, 4.69) is 0 Å². The van der Waals surface area contributed by atoms with Crippen molar-refractivity contribution in [3.63, 3.8) is 0 Å². The van der Waals surface area contributed by atoms with Crippen LogP contribution in [0.4, 0.5) is 8.78 Å². The van der Waals surface area contributed by atoms with Gasteiger partial charge in [-0.2, -0.15) is 0 Å².